The Labute approximate surface area is 119 Å². The van der Waals surface area contributed by atoms with Crippen molar-refractivity contribution in [2.75, 3.05) is 4.72 Å². The molecular weight excluding hydrogens is 274 g/mol. The number of anilines is 1. The lowest BCUT2D eigenvalue weighted by molar-refractivity contribution is 0.599. The molecule has 2 aromatic rings. The fourth-order valence-electron chi connectivity index (χ4n) is 2.35. The van der Waals surface area contributed by atoms with Crippen LogP contribution in [-0.4, -0.2) is 18.6 Å². The zero-order valence-electron chi connectivity index (χ0n) is 12.3. The minimum absolute atomic E-state index is 0.322. The quantitative estimate of drug-likeness (QED) is 0.913. The monoisotopic (exact) mass is 293 g/mol. The SMILES string of the molecule is Cc1cc(C)c(S(=O)(=O)Nc2n[nH]c(C)c2C)c(C)c1. The standard InChI is InChI=1S/C14H19N3O2S/c1-8-6-9(2)13(10(3)7-8)20(18,19)17-14-11(4)12(5)15-16-14/h6-7H,1-5H3,(H2,15,16,17). The molecule has 2 rings (SSSR count). The molecule has 108 valence electrons. The van der Waals surface area contributed by atoms with E-state index in [1.807, 2.05) is 32.9 Å². The van der Waals surface area contributed by atoms with Crippen LogP contribution in [0.15, 0.2) is 17.0 Å². The molecule has 0 bridgehead atoms. The smallest absolute Gasteiger partial charge is 0.263 e. The van der Waals surface area contributed by atoms with Crippen molar-refractivity contribution in [2.24, 2.45) is 0 Å². The van der Waals surface area contributed by atoms with Gasteiger partial charge in [0.05, 0.1) is 4.90 Å². The minimum Gasteiger partial charge on any atom is -0.280 e. The molecular formula is C14H19N3O2S. The molecule has 0 amide bonds. The summed E-state index contributed by atoms with van der Waals surface area (Å²) >= 11 is 0. The highest BCUT2D eigenvalue weighted by molar-refractivity contribution is 7.92. The highest BCUT2D eigenvalue weighted by atomic mass is 32.2. The van der Waals surface area contributed by atoms with E-state index in [1.165, 1.54) is 0 Å². The lowest BCUT2D eigenvalue weighted by Gasteiger charge is -2.13. The van der Waals surface area contributed by atoms with Crippen LogP contribution in [0.5, 0.6) is 0 Å². The van der Waals surface area contributed by atoms with Crippen molar-refractivity contribution in [3.05, 3.63) is 40.1 Å². The lowest BCUT2D eigenvalue weighted by atomic mass is 10.1. The maximum atomic E-state index is 12.6. The summed E-state index contributed by atoms with van der Waals surface area (Å²) < 4.78 is 27.7. The third-order valence-corrected chi connectivity index (χ3v) is 5.00. The molecule has 1 heterocycles. The van der Waals surface area contributed by atoms with Crippen molar-refractivity contribution >= 4 is 15.8 Å². The summed E-state index contributed by atoms with van der Waals surface area (Å²) in [7, 11) is -3.63. The van der Waals surface area contributed by atoms with E-state index >= 15 is 0 Å². The molecule has 1 aromatic carbocycles. The number of nitrogens with zero attached hydrogens (tertiary/aromatic N) is 1. The van der Waals surface area contributed by atoms with E-state index in [0.29, 0.717) is 10.7 Å². The van der Waals surface area contributed by atoms with Crippen LogP contribution >= 0.6 is 0 Å². The third-order valence-electron chi connectivity index (χ3n) is 3.36. The van der Waals surface area contributed by atoms with E-state index in [9.17, 15) is 8.42 Å². The molecule has 0 aliphatic carbocycles. The van der Waals surface area contributed by atoms with Crippen molar-refractivity contribution in [1.29, 1.82) is 0 Å². The molecule has 2 N–H and O–H groups in total. The van der Waals surface area contributed by atoms with E-state index in [-0.39, 0.29) is 0 Å². The van der Waals surface area contributed by atoms with Gasteiger partial charge in [-0.2, -0.15) is 5.10 Å². The Morgan fingerprint density at radius 3 is 2.05 bits per heavy atom. The summed E-state index contributed by atoms with van der Waals surface area (Å²) in [6.45, 7) is 9.23. The minimum atomic E-state index is -3.63. The summed E-state index contributed by atoms with van der Waals surface area (Å²) in [5, 5.41) is 6.76. The lowest BCUT2D eigenvalue weighted by Crippen LogP contribution is -2.16. The molecule has 20 heavy (non-hydrogen) atoms. The van der Waals surface area contributed by atoms with Gasteiger partial charge in [-0.15, -0.1) is 0 Å². The van der Waals surface area contributed by atoms with Crippen LogP contribution in [-0.2, 0) is 10.0 Å². The maximum Gasteiger partial charge on any atom is 0.263 e. The van der Waals surface area contributed by atoms with Crippen LogP contribution in [0.2, 0.25) is 0 Å². The second-order valence-corrected chi connectivity index (χ2v) is 6.77. The van der Waals surface area contributed by atoms with Gasteiger partial charge < -0.3 is 0 Å². The summed E-state index contributed by atoms with van der Waals surface area (Å²) in [4.78, 5) is 0.322. The van der Waals surface area contributed by atoms with Gasteiger partial charge in [0.1, 0.15) is 0 Å². The molecule has 0 unspecified atom stereocenters. The number of benzene rings is 1. The Morgan fingerprint density at radius 2 is 1.60 bits per heavy atom. The molecule has 0 fully saturated rings. The van der Waals surface area contributed by atoms with Crippen LogP contribution in [0.4, 0.5) is 5.82 Å². The predicted octanol–water partition coefficient (Wildman–Crippen LogP) is 2.75. The predicted molar refractivity (Wildman–Crippen MR) is 79.5 cm³/mol. The van der Waals surface area contributed by atoms with Crippen LogP contribution in [0.1, 0.15) is 27.9 Å². The van der Waals surface area contributed by atoms with Crippen LogP contribution in [0, 0.1) is 34.6 Å². The van der Waals surface area contributed by atoms with Gasteiger partial charge >= 0.3 is 0 Å². The van der Waals surface area contributed by atoms with Gasteiger partial charge in [0.2, 0.25) is 0 Å². The molecule has 0 atom stereocenters. The first-order chi connectivity index (χ1) is 9.22. The number of aryl methyl sites for hydroxylation is 4. The van der Waals surface area contributed by atoms with E-state index in [1.54, 1.807) is 13.8 Å². The van der Waals surface area contributed by atoms with Crippen molar-refractivity contribution in [3.63, 3.8) is 0 Å². The van der Waals surface area contributed by atoms with Gasteiger partial charge in [-0.1, -0.05) is 17.7 Å². The zero-order valence-corrected chi connectivity index (χ0v) is 13.1. The normalized spacial score (nSPS) is 11.7. The number of rotatable bonds is 3. The van der Waals surface area contributed by atoms with Gasteiger partial charge in [-0.05, 0) is 45.7 Å². The van der Waals surface area contributed by atoms with E-state index < -0.39 is 10.0 Å². The highest BCUT2D eigenvalue weighted by Crippen LogP contribution is 2.25. The fourth-order valence-corrected chi connectivity index (χ4v) is 3.87. The Bertz CT molecular complexity index is 738. The summed E-state index contributed by atoms with van der Waals surface area (Å²) in [5.41, 5.74) is 4.17. The zero-order chi connectivity index (χ0) is 15.1. The largest absolute Gasteiger partial charge is 0.280 e. The van der Waals surface area contributed by atoms with Crippen molar-refractivity contribution in [1.82, 2.24) is 10.2 Å². The molecule has 5 nitrogen and oxygen atoms in total. The number of hydrogen-bond acceptors (Lipinski definition) is 3. The van der Waals surface area contributed by atoms with E-state index in [0.717, 1.165) is 27.9 Å². The molecule has 0 saturated heterocycles. The number of hydrogen-bond donors (Lipinski definition) is 2. The molecule has 1 aromatic heterocycles. The molecule has 0 spiro atoms. The first-order valence-electron chi connectivity index (χ1n) is 6.34. The van der Waals surface area contributed by atoms with E-state index in [4.69, 9.17) is 0 Å². The second kappa shape index (κ2) is 4.94. The van der Waals surface area contributed by atoms with E-state index in [2.05, 4.69) is 14.9 Å². The third kappa shape index (κ3) is 2.56. The topological polar surface area (TPSA) is 74.8 Å². The second-order valence-electron chi connectivity index (χ2n) is 5.16. The number of H-pyrrole nitrogens is 1. The first kappa shape index (κ1) is 14.6. The van der Waals surface area contributed by atoms with Crippen molar-refractivity contribution < 1.29 is 8.42 Å². The Morgan fingerprint density at radius 1 is 1.05 bits per heavy atom. The van der Waals surface area contributed by atoms with Crippen LogP contribution in [0.25, 0.3) is 0 Å². The molecule has 6 heteroatoms. The van der Waals surface area contributed by atoms with Crippen molar-refractivity contribution in [2.45, 2.75) is 39.5 Å². The Hall–Kier alpha value is -1.82. The Kier molecular flexibility index (Phi) is 3.60. The Balaban J connectivity index is 2.49. The molecule has 0 aliphatic heterocycles. The molecule has 0 aliphatic rings. The average Bonchev–Trinajstić information content (AvgIpc) is 2.58. The number of nitrogens with one attached hydrogen (secondary N) is 2. The van der Waals surface area contributed by atoms with Crippen LogP contribution < -0.4 is 4.72 Å². The molecule has 0 saturated carbocycles. The fraction of sp³-hybridized carbons (Fsp3) is 0.357. The van der Waals surface area contributed by atoms with Gasteiger partial charge in [0.25, 0.3) is 10.0 Å². The number of sulfonamides is 1. The number of aromatic nitrogens is 2. The highest BCUT2D eigenvalue weighted by Gasteiger charge is 2.22. The molecule has 0 radical (unpaired) electrons. The summed E-state index contributed by atoms with van der Waals surface area (Å²) in [6, 6.07) is 3.73. The number of aromatic amines is 1. The van der Waals surface area contributed by atoms with Gasteiger partial charge in [0, 0.05) is 11.3 Å². The summed E-state index contributed by atoms with van der Waals surface area (Å²) in [6.07, 6.45) is 0. The maximum absolute atomic E-state index is 12.6. The van der Waals surface area contributed by atoms with Gasteiger partial charge in [-0.25, -0.2) is 8.42 Å². The van der Waals surface area contributed by atoms with Gasteiger partial charge in [-0.3, -0.25) is 9.82 Å². The average molecular weight is 293 g/mol. The summed E-state index contributed by atoms with van der Waals surface area (Å²) in [5.74, 6) is 0.349. The van der Waals surface area contributed by atoms with Crippen LogP contribution in [0.3, 0.4) is 0 Å². The van der Waals surface area contributed by atoms with Crippen molar-refractivity contribution in [3.8, 4) is 0 Å². The first-order valence-corrected chi connectivity index (χ1v) is 7.83. The van der Waals surface area contributed by atoms with Gasteiger partial charge in [0.15, 0.2) is 5.82 Å².